The average molecular weight is 294 g/mol. The van der Waals surface area contributed by atoms with Crippen molar-refractivity contribution in [1.82, 2.24) is 4.98 Å². The molecular weight excluding hydrogens is 283 g/mol. The molecule has 1 unspecified atom stereocenters. The number of para-hydroxylation sites is 1. The topological polar surface area (TPSA) is 59.4 Å². The zero-order chi connectivity index (χ0) is 15.5. The van der Waals surface area contributed by atoms with Crippen molar-refractivity contribution in [3.05, 3.63) is 82.6 Å². The molecule has 0 N–H and O–H groups in total. The molecule has 0 amide bonds. The Kier molecular flexibility index (Phi) is 3.70. The maximum absolute atomic E-state index is 13.0. The van der Waals surface area contributed by atoms with Crippen LogP contribution in [0.1, 0.15) is 22.0 Å². The van der Waals surface area contributed by atoms with Crippen LogP contribution in [0.2, 0.25) is 0 Å². The standard InChI is InChI=1S/C17H11FN2O2/c18-12-7-5-11(6-8-12)17(21)16(20-22)14-9-10-19-15-4-2-1-3-13(14)15/h1-10,16H. The summed E-state index contributed by atoms with van der Waals surface area (Å²) in [7, 11) is 0. The first kappa shape index (κ1) is 14.0. The molecule has 0 radical (unpaired) electrons. The molecule has 1 aromatic heterocycles. The number of carbonyl (C=O) groups is 1. The smallest absolute Gasteiger partial charge is 0.195 e. The maximum atomic E-state index is 13.0. The Morgan fingerprint density at radius 3 is 2.50 bits per heavy atom. The fourth-order valence-corrected chi connectivity index (χ4v) is 2.37. The van der Waals surface area contributed by atoms with Crippen molar-refractivity contribution < 1.29 is 9.18 Å². The van der Waals surface area contributed by atoms with Crippen molar-refractivity contribution in [2.75, 3.05) is 0 Å². The quantitative estimate of drug-likeness (QED) is 0.538. The molecule has 1 heterocycles. The molecule has 3 rings (SSSR count). The predicted molar refractivity (Wildman–Crippen MR) is 81.0 cm³/mol. The van der Waals surface area contributed by atoms with Gasteiger partial charge in [-0.3, -0.25) is 9.78 Å². The van der Waals surface area contributed by atoms with E-state index in [0.29, 0.717) is 16.5 Å². The molecule has 5 heteroatoms. The highest BCUT2D eigenvalue weighted by Gasteiger charge is 2.25. The molecule has 2 aromatic carbocycles. The molecule has 4 nitrogen and oxygen atoms in total. The Morgan fingerprint density at radius 2 is 1.77 bits per heavy atom. The molecule has 3 aromatic rings. The summed E-state index contributed by atoms with van der Waals surface area (Å²) in [6.45, 7) is 0. The molecule has 1 atom stereocenters. The van der Waals surface area contributed by atoms with Gasteiger partial charge in [0.1, 0.15) is 5.82 Å². The highest BCUT2D eigenvalue weighted by molar-refractivity contribution is 6.03. The first-order valence-corrected chi connectivity index (χ1v) is 6.66. The number of pyridine rings is 1. The van der Waals surface area contributed by atoms with Gasteiger partial charge in [-0.1, -0.05) is 23.4 Å². The van der Waals surface area contributed by atoms with Crippen LogP contribution in [0.3, 0.4) is 0 Å². The summed E-state index contributed by atoms with van der Waals surface area (Å²) in [6.07, 6.45) is 1.54. The van der Waals surface area contributed by atoms with Crippen LogP contribution in [0.4, 0.5) is 4.39 Å². The van der Waals surface area contributed by atoms with Crippen molar-refractivity contribution in [2.45, 2.75) is 6.04 Å². The van der Waals surface area contributed by atoms with E-state index in [1.807, 2.05) is 6.07 Å². The summed E-state index contributed by atoms with van der Waals surface area (Å²) in [5.74, 6) is -0.909. The average Bonchev–Trinajstić information content (AvgIpc) is 2.56. The van der Waals surface area contributed by atoms with Crippen LogP contribution in [0, 0.1) is 10.7 Å². The second-order valence-corrected chi connectivity index (χ2v) is 4.80. The molecule has 0 spiro atoms. The lowest BCUT2D eigenvalue weighted by atomic mass is 9.95. The summed E-state index contributed by atoms with van der Waals surface area (Å²) in [6, 6.07) is 12.7. The summed E-state index contributed by atoms with van der Waals surface area (Å²) >= 11 is 0. The van der Waals surface area contributed by atoms with Crippen LogP contribution in [0.5, 0.6) is 0 Å². The van der Waals surface area contributed by atoms with Gasteiger partial charge < -0.3 is 0 Å². The molecule has 22 heavy (non-hydrogen) atoms. The normalized spacial score (nSPS) is 12.0. The SMILES string of the molecule is O=NC(C(=O)c1ccc(F)cc1)c1ccnc2ccccc12. The van der Waals surface area contributed by atoms with Gasteiger partial charge in [-0.2, -0.15) is 0 Å². The zero-order valence-corrected chi connectivity index (χ0v) is 11.4. The Bertz CT molecular complexity index is 841. The highest BCUT2D eigenvalue weighted by Crippen LogP contribution is 2.28. The van der Waals surface area contributed by atoms with Crippen molar-refractivity contribution in [1.29, 1.82) is 0 Å². The first-order valence-electron chi connectivity index (χ1n) is 6.66. The molecule has 0 bridgehead atoms. The number of benzene rings is 2. The fourth-order valence-electron chi connectivity index (χ4n) is 2.37. The van der Waals surface area contributed by atoms with E-state index < -0.39 is 17.6 Å². The molecule has 0 fully saturated rings. The third kappa shape index (κ3) is 2.48. The van der Waals surface area contributed by atoms with Crippen molar-refractivity contribution in [3.8, 4) is 0 Å². The van der Waals surface area contributed by atoms with E-state index in [0.717, 1.165) is 0 Å². The van der Waals surface area contributed by atoms with Gasteiger partial charge in [-0.05, 0) is 42.0 Å². The second kappa shape index (κ2) is 5.81. The fraction of sp³-hybridized carbons (Fsp3) is 0.0588. The van der Waals surface area contributed by atoms with Gasteiger partial charge in [-0.25, -0.2) is 4.39 Å². The van der Waals surface area contributed by atoms with Crippen molar-refractivity contribution in [2.24, 2.45) is 5.18 Å². The number of hydrogen-bond donors (Lipinski definition) is 0. The largest absolute Gasteiger partial charge is 0.291 e. The van der Waals surface area contributed by atoms with Gasteiger partial charge in [0.2, 0.25) is 0 Å². The van der Waals surface area contributed by atoms with E-state index in [4.69, 9.17) is 0 Å². The minimum absolute atomic E-state index is 0.242. The van der Waals surface area contributed by atoms with E-state index in [2.05, 4.69) is 10.2 Å². The van der Waals surface area contributed by atoms with E-state index in [1.165, 1.54) is 30.5 Å². The Hall–Kier alpha value is -2.95. The number of aromatic nitrogens is 1. The van der Waals surface area contributed by atoms with Crippen LogP contribution in [0.25, 0.3) is 10.9 Å². The number of fused-ring (bicyclic) bond motifs is 1. The predicted octanol–water partition coefficient (Wildman–Crippen LogP) is 4.06. The summed E-state index contributed by atoms with van der Waals surface area (Å²) < 4.78 is 13.0. The number of carbonyl (C=O) groups excluding carboxylic acids is 1. The molecule has 0 aliphatic rings. The zero-order valence-electron chi connectivity index (χ0n) is 11.4. The lowest BCUT2D eigenvalue weighted by molar-refractivity contribution is 0.0962. The lowest BCUT2D eigenvalue weighted by Crippen LogP contribution is -2.11. The molecule has 0 saturated carbocycles. The molecule has 0 aliphatic carbocycles. The minimum Gasteiger partial charge on any atom is -0.291 e. The second-order valence-electron chi connectivity index (χ2n) is 4.80. The molecule has 0 aliphatic heterocycles. The summed E-state index contributed by atoms with van der Waals surface area (Å²) in [5, 5.41) is 3.69. The number of halogens is 1. The number of Topliss-reactive ketones (excluding diaryl/α,β-unsaturated/α-hetero) is 1. The van der Waals surface area contributed by atoms with Gasteiger partial charge in [-0.15, -0.1) is 4.91 Å². The van der Waals surface area contributed by atoms with E-state index in [-0.39, 0.29) is 5.56 Å². The van der Waals surface area contributed by atoms with Gasteiger partial charge >= 0.3 is 0 Å². The van der Waals surface area contributed by atoms with Gasteiger partial charge in [0, 0.05) is 17.1 Å². The Morgan fingerprint density at radius 1 is 1.05 bits per heavy atom. The van der Waals surface area contributed by atoms with Crippen LogP contribution >= 0.6 is 0 Å². The number of rotatable bonds is 4. The summed E-state index contributed by atoms with van der Waals surface area (Å²) in [5.41, 5.74) is 1.42. The number of nitroso groups, excluding NO2 is 1. The summed E-state index contributed by atoms with van der Waals surface area (Å²) in [4.78, 5) is 28.0. The van der Waals surface area contributed by atoms with E-state index >= 15 is 0 Å². The number of ketones is 1. The Labute approximate surface area is 125 Å². The minimum atomic E-state index is -1.18. The third-order valence-electron chi connectivity index (χ3n) is 3.46. The van der Waals surface area contributed by atoms with Gasteiger partial charge in [0.05, 0.1) is 5.52 Å². The molecule has 108 valence electrons. The van der Waals surface area contributed by atoms with Crippen molar-refractivity contribution >= 4 is 16.7 Å². The molecule has 0 saturated heterocycles. The first-order chi connectivity index (χ1) is 10.7. The maximum Gasteiger partial charge on any atom is 0.195 e. The highest BCUT2D eigenvalue weighted by atomic mass is 19.1. The monoisotopic (exact) mass is 294 g/mol. The van der Waals surface area contributed by atoms with Crippen LogP contribution in [-0.4, -0.2) is 10.8 Å². The van der Waals surface area contributed by atoms with Crippen LogP contribution < -0.4 is 0 Å². The number of nitrogens with zero attached hydrogens (tertiary/aromatic N) is 2. The van der Waals surface area contributed by atoms with E-state index in [9.17, 15) is 14.1 Å². The van der Waals surface area contributed by atoms with Crippen LogP contribution in [0.15, 0.2) is 66.0 Å². The lowest BCUT2D eigenvalue weighted by Gasteiger charge is -2.11. The number of hydrogen-bond acceptors (Lipinski definition) is 4. The van der Waals surface area contributed by atoms with Crippen molar-refractivity contribution in [3.63, 3.8) is 0 Å². The van der Waals surface area contributed by atoms with Crippen LogP contribution in [-0.2, 0) is 0 Å². The molecular formula is C17H11FN2O2. The Balaban J connectivity index is 2.08. The van der Waals surface area contributed by atoms with Gasteiger partial charge in [0.25, 0.3) is 0 Å². The van der Waals surface area contributed by atoms with Gasteiger partial charge in [0.15, 0.2) is 11.8 Å². The van der Waals surface area contributed by atoms with E-state index in [1.54, 1.807) is 24.3 Å². The third-order valence-corrected chi connectivity index (χ3v) is 3.46.